The van der Waals surface area contributed by atoms with Crippen molar-refractivity contribution in [2.24, 2.45) is 5.92 Å². The minimum atomic E-state index is -1.55. The van der Waals surface area contributed by atoms with Gasteiger partial charge in [-0.15, -0.1) is 0 Å². The van der Waals surface area contributed by atoms with Crippen molar-refractivity contribution in [2.75, 3.05) is 11.9 Å². The molecule has 0 amide bonds. The number of rotatable bonds is 7. The van der Waals surface area contributed by atoms with E-state index in [1.807, 2.05) is 0 Å². The second-order valence-corrected chi connectivity index (χ2v) is 7.44. The number of thiazole rings is 1. The normalized spacial score (nSPS) is 14.4. The molecule has 1 aliphatic rings. The number of halogens is 1. The van der Waals surface area contributed by atoms with Crippen LogP contribution in [0, 0.1) is 16.0 Å². The lowest BCUT2D eigenvalue weighted by Gasteiger charge is -2.22. The van der Waals surface area contributed by atoms with Crippen LogP contribution in [0.4, 0.5) is 10.1 Å². The minimum Gasteiger partial charge on any atom is -0.354 e. The first-order valence-electron chi connectivity index (χ1n) is 8.17. The molecule has 9 nitrogen and oxygen atoms in total. The van der Waals surface area contributed by atoms with E-state index in [-0.39, 0.29) is 26.8 Å². The summed E-state index contributed by atoms with van der Waals surface area (Å²) >= 11 is 6.81. The van der Waals surface area contributed by atoms with E-state index >= 15 is 0 Å². The summed E-state index contributed by atoms with van der Waals surface area (Å²) in [6.07, 6.45) is 1.03. The highest BCUT2D eigenvalue weighted by atomic mass is 35.5. The summed E-state index contributed by atoms with van der Waals surface area (Å²) in [7, 11) is 0. The van der Waals surface area contributed by atoms with Gasteiger partial charge in [0.05, 0.1) is 16.5 Å². The third kappa shape index (κ3) is 3.84. The van der Waals surface area contributed by atoms with Crippen LogP contribution in [0.2, 0.25) is 0 Å². The Balaban J connectivity index is 1.89. The van der Waals surface area contributed by atoms with Gasteiger partial charge in [-0.25, -0.2) is 4.98 Å². The number of hydrogen-bond donors (Lipinski definition) is 1. The number of nitrogens with one attached hydrogen (secondary N) is 1. The number of anilines is 1. The SMILES string of the molecule is CC(=O)[C@@H](C(=O)CNc1ncc([N+](=O)[O-])s1)C1=C(Cl)C(=O)c2ccccc2C1=O. The van der Waals surface area contributed by atoms with Gasteiger partial charge in [0.25, 0.3) is 0 Å². The molecule has 1 atom stereocenters. The maximum Gasteiger partial charge on any atom is 0.345 e. The van der Waals surface area contributed by atoms with E-state index in [1.54, 1.807) is 12.1 Å². The van der Waals surface area contributed by atoms with Crippen LogP contribution in [-0.2, 0) is 9.59 Å². The van der Waals surface area contributed by atoms with Crippen LogP contribution in [0.3, 0.4) is 0 Å². The summed E-state index contributed by atoms with van der Waals surface area (Å²) in [5.41, 5.74) is -0.187. The maximum absolute atomic E-state index is 12.9. The molecular weight excluding hydrogens is 422 g/mol. The van der Waals surface area contributed by atoms with E-state index in [9.17, 15) is 29.3 Å². The second-order valence-electron chi connectivity index (χ2n) is 6.06. The highest BCUT2D eigenvalue weighted by molar-refractivity contribution is 7.18. The summed E-state index contributed by atoms with van der Waals surface area (Å²) < 4.78 is 0. The number of carbonyl (C=O) groups is 4. The van der Waals surface area contributed by atoms with Crippen molar-refractivity contribution in [3.05, 3.63) is 62.3 Å². The van der Waals surface area contributed by atoms with Gasteiger partial charge in [-0.05, 0) is 18.3 Å². The third-order valence-corrected chi connectivity index (χ3v) is 5.48. The van der Waals surface area contributed by atoms with Gasteiger partial charge in [0.2, 0.25) is 5.78 Å². The molecule has 0 unspecified atom stereocenters. The lowest BCUT2D eigenvalue weighted by molar-refractivity contribution is -0.380. The Morgan fingerprint density at radius 2 is 1.86 bits per heavy atom. The molecule has 1 aromatic heterocycles. The number of benzene rings is 1. The first-order chi connectivity index (χ1) is 13.7. The molecule has 0 bridgehead atoms. The van der Waals surface area contributed by atoms with Gasteiger partial charge in [-0.3, -0.25) is 29.3 Å². The van der Waals surface area contributed by atoms with Gasteiger partial charge in [-0.2, -0.15) is 0 Å². The summed E-state index contributed by atoms with van der Waals surface area (Å²) in [4.78, 5) is 64.1. The third-order valence-electron chi connectivity index (χ3n) is 4.20. The fourth-order valence-corrected chi connectivity index (χ4v) is 3.83. The van der Waals surface area contributed by atoms with E-state index in [4.69, 9.17) is 11.6 Å². The quantitative estimate of drug-likeness (QED) is 0.399. The van der Waals surface area contributed by atoms with E-state index in [0.29, 0.717) is 11.3 Å². The molecule has 29 heavy (non-hydrogen) atoms. The Morgan fingerprint density at radius 1 is 1.24 bits per heavy atom. The maximum atomic E-state index is 12.9. The Morgan fingerprint density at radius 3 is 2.41 bits per heavy atom. The molecule has 3 rings (SSSR count). The predicted molar refractivity (Wildman–Crippen MR) is 104 cm³/mol. The lowest BCUT2D eigenvalue weighted by atomic mass is 9.80. The van der Waals surface area contributed by atoms with Crippen LogP contribution in [0.5, 0.6) is 0 Å². The minimum absolute atomic E-state index is 0.0689. The number of ketones is 4. The van der Waals surface area contributed by atoms with Gasteiger partial charge in [0.1, 0.15) is 17.9 Å². The fourth-order valence-electron chi connectivity index (χ4n) is 2.91. The lowest BCUT2D eigenvalue weighted by Crippen LogP contribution is -2.35. The van der Waals surface area contributed by atoms with Crippen molar-refractivity contribution in [1.29, 1.82) is 0 Å². The molecule has 1 aromatic carbocycles. The van der Waals surface area contributed by atoms with Gasteiger partial charge >= 0.3 is 5.00 Å². The monoisotopic (exact) mass is 433 g/mol. The number of fused-ring (bicyclic) bond motifs is 1. The molecule has 0 radical (unpaired) electrons. The molecule has 0 spiro atoms. The first kappa shape index (κ1) is 20.5. The number of aromatic nitrogens is 1. The van der Waals surface area contributed by atoms with Crippen LogP contribution in [0.15, 0.2) is 41.1 Å². The zero-order chi connectivity index (χ0) is 21.3. The van der Waals surface area contributed by atoms with Crippen LogP contribution < -0.4 is 5.32 Å². The molecule has 0 saturated heterocycles. The van der Waals surface area contributed by atoms with Gasteiger partial charge < -0.3 is 5.32 Å². The van der Waals surface area contributed by atoms with E-state index in [0.717, 1.165) is 13.1 Å². The van der Waals surface area contributed by atoms with E-state index in [2.05, 4.69) is 10.3 Å². The van der Waals surface area contributed by atoms with Gasteiger partial charge in [-0.1, -0.05) is 35.9 Å². The van der Waals surface area contributed by atoms with Crippen LogP contribution >= 0.6 is 22.9 Å². The molecule has 0 saturated carbocycles. The van der Waals surface area contributed by atoms with Crippen LogP contribution in [0.25, 0.3) is 0 Å². The highest BCUT2D eigenvalue weighted by Gasteiger charge is 2.40. The van der Waals surface area contributed by atoms with Crippen molar-refractivity contribution < 1.29 is 24.1 Å². The number of carbonyl (C=O) groups excluding carboxylic acids is 4. The van der Waals surface area contributed by atoms with Crippen molar-refractivity contribution in [3.63, 3.8) is 0 Å². The molecule has 0 aliphatic heterocycles. The Labute approximate surface area is 172 Å². The average molecular weight is 434 g/mol. The molecular formula is C18H12ClN3O6S. The van der Waals surface area contributed by atoms with Crippen molar-refractivity contribution in [3.8, 4) is 0 Å². The van der Waals surface area contributed by atoms with Gasteiger partial charge in [0, 0.05) is 16.7 Å². The molecule has 148 valence electrons. The number of nitro groups is 1. The smallest absolute Gasteiger partial charge is 0.345 e. The standard InChI is InChI=1S/C18H12ClN3O6S/c1-8(23)13(11(24)6-20-18-21-7-12(29-18)22(27)28)14-15(19)17(26)10-5-3-2-4-9(10)16(14)25/h2-5,7,13H,6H2,1H3,(H,20,21)/t13-/m0/s1. The topological polar surface area (TPSA) is 136 Å². The first-order valence-corrected chi connectivity index (χ1v) is 9.37. The molecule has 2 aromatic rings. The molecule has 1 heterocycles. The van der Waals surface area contributed by atoms with Gasteiger partial charge in [0.15, 0.2) is 16.7 Å². The number of nitrogens with zero attached hydrogens (tertiary/aromatic N) is 2. The predicted octanol–water partition coefficient (Wildman–Crippen LogP) is 2.81. The van der Waals surface area contributed by atoms with Crippen LogP contribution in [-0.4, -0.2) is 39.6 Å². The average Bonchev–Trinajstić information content (AvgIpc) is 3.17. The summed E-state index contributed by atoms with van der Waals surface area (Å²) in [6.45, 7) is 0.679. The summed E-state index contributed by atoms with van der Waals surface area (Å²) in [6, 6.07) is 6.00. The fraction of sp³-hybridized carbons (Fsp3) is 0.167. The zero-order valence-electron chi connectivity index (χ0n) is 14.8. The number of allylic oxidation sites excluding steroid dienone is 2. The van der Waals surface area contributed by atoms with E-state index in [1.165, 1.54) is 12.1 Å². The van der Waals surface area contributed by atoms with Crippen molar-refractivity contribution >= 4 is 56.2 Å². The van der Waals surface area contributed by atoms with E-state index < -0.39 is 45.6 Å². The largest absolute Gasteiger partial charge is 0.354 e. The van der Waals surface area contributed by atoms with Crippen molar-refractivity contribution in [1.82, 2.24) is 4.98 Å². The number of Topliss-reactive ketones (excluding diaryl/α,β-unsaturated/α-hetero) is 4. The van der Waals surface area contributed by atoms with Crippen LogP contribution in [0.1, 0.15) is 27.6 Å². The Kier molecular flexibility index (Phi) is 5.66. The zero-order valence-corrected chi connectivity index (χ0v) is 16.4. The Bertz CT molecular complexity index is 1110. The highest BCUT2D eigenvalue weighted by Crippen LogP contribution is 2.33. The molecule has 0 fully saturated rings. The second kappa shape index (κ2) is 8.02. The number of hydrogen-bond acceptors (Lipinski definition) is 9. The summed E-state index contributed by atoms with van der Waals surface area (Å²) in [5, 5.41) is 12.7. The molecule has 1 N–H and O–H groups in total. The molecule has 11 heteroatoms. The summed E-state index contributed by atoms with van der Waals surface area (Å²) in [5.74, 6) is -4.22. The van der Waals surface area contributed by atoms with Crippen molar-refractivity contribution in [2.45, 2.75) is 6.92 Å². The molecule has 1 aliphatic carbocycles. The Hall–Kier alpha value is -3.24.